The fourth-order valence-corrected chi connectivity index (χ4v) is 2.90. The molecule has 3 rings (SSSR count). The van der Waals surface area contributed by atoms with Crippen LogP contribution in [0, 0.1) is 0 Å². The van der Waals surface area contributed by atoms with Gasteiger partial charge in [0, 0.05) is 23.9 Å². The summed E-state index contributed by atoms with van der Waals surface area (Å²) < 4.78 is 16.8. The minimum absolute atomic E-state index is 0.152. The molecule has 122 valence electrons. The van der Waals surface area contributed by atoms with E-state index in [9.17, 15) is 9.90 Å². The van der Waals surface area contributed by atoms with Gasteiger partial charge < -0.3 is 24.4 Å². The van der Waals surface area contributed by atoms with Crippen LogP contribution in [-0.2, 0) is 11.8 Å². The van der Waals surface area contributed by atoms with Crippen LogP contribution in [0.2, 0.25) is 0 Å². The van der Waals surface area contributed by atoms with Crippen molar-refractivity contribution >= 4 is 23.4 Å². The number of hydrogen-bond acceptors (Lipinski definition) is 7. The summed E-state index contributed by atoms with van der Waals surface area (Å²) >= 11 is 1.23. The number of carbonyl (C=O) groups excluding carboxylic acids is 1. The molecule has 9 heteroatoms. The van der Waals surface area contributed by atoms with Gasteiger partial charge in [-0.3, -0.25) is 4.79 Å². The van der Waals surface area contributed by atoms with Crippen LogP contribution in [0.4, 0.5) is 5.69 Å². The summed E-state index contributed by atoms with van der Waals surface area (Å²) in [6.07, 6.45) is 0.254. The summed E-state index contributed by atoms with van der Waals surface area (Å²) in [5, 5.41) is 18.0. The smallest absolute Gasteiger partial charge is 0.290 e. The second-order valence-electron chi connectivity index (χ2n) is 4.79. The molecule has 1 aromatic carbocycles. The summed E-state index contributed by atoms with van der Waals surface area (Å²) in [6.45, 7) is 1.02. The van der Waals surface area contributed by atoms with E-state index < -0.39 is 5.95 Å². The van der Waals surface area contributed by atoms with Gasteiger partial charge in [-0.2, -0.15) is 0 Å². The van der Waals surface area contributed by atoms with E-state index >= 15 is 0 Å². The van der Waals surface area contributed by atoms with Gasteiger partial charge in [-0.15, -0.1) is 0 Å². The topological polar surface area (TPSA) is 101 Å². The van der Waals surface area contributed by atoms with E-state index in [1.54, 1.807) is 25.2 Å². The van der Waals surface area contributed by atoms with Crippen molar-refractivity contribution in [2.24, 2.45) is 7.05 Å². The van der Waals surface area contributed by atoms with Crippen molar-refractivity contribution in [2.45, 2.75) is 11.4 Å². The largest absolute Gasteiger partial charge is 0.538 e. The van der Waals surface area contributed by atoms with Gasteiger partial charge in [0.05, 0.1) is 5.27 Å². The fraction of sp³-hybridized carbons (Fsp3) is 0.357. The number of fused-ring (bicyclic) bond motifs is 1. The van der Waals surface area contributed by atoms with Gasteiger partial charge in [0.25, 0.3) is 5.03 Å². The molecule has 1 aliphatic heterocycles. The van der Waals surface area contributed by atoms with Crippen LogP contribution < -0.4 is 24.6 Å². The normalized spacial score (nSPS) is 12.9. The standard InChI is InChI=1S/C14H15N3O5S/c1-17-13(14(19)22-16-17)23-7-4-12(18)15-9-2-3-10-11(8-9)21-6-5-20-10/h2-3,8H,4-7H2,1H3,(H-,15,16,18,19). The second kappa shape index (κ2) is 6.78. The maximum absolute atomic E-state index is 12.0. The molecular weight excluding hydrogens is 322 g/mol. The second-order valence-corrected chi connectivity index (χ2v) is 5.88. The van der Waals surface area contributed by atoms with Gasteiger partial charge in [-0.1, -0.05) is 16.4 Å². The van der Waals surface area contributed by atoms with E-state index in [2.05, 4.69) is 15.1 Å². The van der Waals surface area contributed by atoms with Crippen molar-refractivity contribution < 1.29 is 28.6 Å². The van der Waals surface area contributed by atoms with Gasteiger partial charge in [-0.05, 0) is 12.1 Å². The Labute approximate surface area is 136 Å². The van der Waals surface area contributed by atoms with E-state index in [1.165, 1.54) is 16.4 Å². The molecule has 8 nitrogen and oxygen atoms in total. The van der Waals surface area contributed by atoms with Crippen LogP contribution in [0.1, 0.15) is 6.42 Å². The molecular formula is C14H15N3O5S. The molecule has 0 unspecified atom stereocenters. The zero-order valence-corrected chi connectivity index (χ0v) is 13.2. The number of amides is 1. The van der Waals surface area contributed by atoms with Gasteiger partial charge in [0.2, 0.25) is 5.91 Å². The molecule has 0 saturated carbocycles. The Hall–Kier alpha value is -2.42. The molecule has 1 amide bonds. The molecule has 1 N–H and O–H groups in total. The van der Waals surface area contributed by atoms with E-state index in [1.807, 2.05) is 0 Å². The Morgan fingerprint density at radius 2 is 2.17 bits per heavy atom. The molecule has 2 heterocycles. The first-order chi connectivity index (χ1) is 11.1. The third kappa shape index (κ3) is 3.67. The monoisotopic (exact) mass is 337 g/mol. The fourth-order valence-electron chi connectivity index (χ4n) is 2.04. The van der Waals surface area contributed by atoms with Crippen LogP contribution >= 0.6 is 11.8 Å². The molecule has 1 aromatic heterocycles. The van der Waals surface area contributed by atoms with Gasteiger partial charge in [0.15, 0.2) is 24.5 Å². The number of aromatic nitrogens is 2. The third-order valence-electron chi connectivity index (χ3n) is 3.11. The van der Waals surface area contributed by atoms with Crippen molar-refractivity contribution in [1.82, 2.24) is 5.27 Å². The number of rotatable bonds is 5. The van der Waals surface area contributed by atoms with Crippen LogP contribution in [0.25, 0.3) is 0 Å². The molecule has 0 saturated heterocycles. The number of carbonyl (C=O) groups is 1. The van der Waals surface area contributed by atoms with Crippen LogP contribution in [0.5, 0.6) is 17.4 Å². The highest BCUT2D eigenvalue weighted by molar-refractivity contribution is 7.99. The molecule has 0 fully saturated rings. The number of nitrogens with zero attached hydrogens (tertiary/aromatic N) is 2. The molecule has 1 aliphatic rings. The van der Waals surface area contributed by atoms with Crippen LogP contribution in [-0.4, -0.2) is 30.1 Å². The number of anilines is 1. The first-order valence-corrected chi connectivity index (χ1v) is 7.97. The molecule has 0 atom stereocenters. The Bertz CT molecular complexity index is 699. The van der Waals surface area contributed by atoms with Crippen LogP contribution in [0.15, 0.2) is 27.7 Å². The van der Waals surface area contributed by atoms with E-state index in [-0.39, 0.29) is 12.3 Å². The highest BCUT2D eigenvalue weighted by atomic mass is 32.2. The Morgan fingerprint density at radius 1 is 1.39 bits per heavy atom. The molecule has 0 bridgehead atoms. The molecule has 0 aliphatic carbocycles. The minimum atomic E-state index is -0.496. The maximum Gasteiger partial charge on any atom is 0.290 e. The summed E-state index contributed by atoms with van der Waals surface area (Å²) in [7, 11) is 1.61. The molecule has 2 aromatic rings. The number of aryl methyl sites for hydroxylation is 1. The van der Waals surface area contributed by atoms with E-state index in [0.29, 0.717) is 41.2 Å². The zero-order valence-electron chi connectivity index (χ0n) is 12.4. The SMILES string of the molecule is C[n+]1noc([O-])c1SCCC(=O)Nc1ccc2c(c1)OCCO2. The first-order valence-electron chi connectivity index (χ1n) is 6.99. The van der Waals surface area contributed by atoms with Crippen molar-refractivity contribution in [3.05, 3.63) is 18.2 Å². The Kier molecular flexibility index (Phi) is 4.56. The lowest BCUT2D eigenvalue weighted by molar-refractivity contribution is -0.772. The minimum Gasteiger partial charge on any atom is -0.538 e. The number of thioether (sulfide) groups is 1. The summed E-state index contributed by atoms with van der Waals surface area (Å²) in [4.78, 5) is 12.0. The predicted molar refractivity (Wildman–Crippen MR) is 78.5 cm³/mol. The van der Waals surface area contributed by atoms with Crippen molar-refractivity contribution in [3.8, 4) is 17.4 Å². The highest BCUT2D eigenvalue weighted by Crippen LogP contribution is 2.32. The average molecular weight is 337 g/mol. The first kappa shape index (κ1) is 15.5. The zero-order chi connectivity index (χ0) is 16.2. The number of hydrogen-bond donors (Lipinski definition) is 1. The van der Waals surface area contributed by atoms with Gasteiger partial charge in [-0.25, -0.2) is 0 Å². The summed E-state index contributed by atoms with van der Waals surface area (Å²) in [6, 6.07) is 5.25. The van der Waals surface area contributed by atoms with Crippen molar-refractivity contribution in [2.75, 3.05) is 24.3 Å². The van der Waals surface area contributed by atoms with Crippen molar-refractivity contribution in [3.63, 3.8) is 0 Å². The van der Waals surface area contributed by atoms with E-state index in [0.717, 1.165) is 0 Å². The summed E-state index contributed by atoms with van der Waals surface area (Å²) in [5.74, 6) is 1.09. The maximum atomic E-state index is 12.0. The third-order valence-corrected chi connectivity index (χ3v) is 4.22. The Balaban J connectivity index is 1.51. The summed E-state index contributed by atoms with van der Waals surface area (Å²) in [5.41, 5.74) is 0.643. The highest BCUT2D eigenvalue weighted by Gasteiger charge is 2.15. The van der Waals surface area contributed by atoms with Crippen LogP contribution in [0.3, 0.4) is 0 Å². The lowest BCUT2D eigenvalue weighted by Crippen LogP contribution is -2.32. The number of benzene rings is 1. The number of nitrogens with one attached hydrogen (secondary N) is 1. The molecule has 0 spiro atoms. The average Bonchev–Trinajstić information content (AvgIpc) is 2.86. The lowest BCUT2D eigenvalue weighted by Gasteiger charge is -2.18. The van der Waals surface area contributed by atoms with E-state index in [4.69, 9.17) is 9.47 Å². The lowest BCUT2D eigenvalue weighted by atomic mass is 10.2. The number of ether oxygens (including phenoxy) is 2. The van der Waals surface area contributed by atoms with Gasteiger partial charge in [0.1, 0.15) is 13.2 Å². The van der Waals surface area contributed by atoms with Crippen molar-refractivity contribution in [1.29, 1.82) is 0 Å². The molecule has 0 radical (unpaired) electrons. The Morgan fingerprint density at radius 3 is 2.91 bits per heavy atom. The van der Waals surface area contributed by atoms with Gasteiger partial charge >= 0.3 is 0 Å². The predicted octanol–water partition coefficient (Wildman–Crippen LogP) is 0.465. The quantitative estimate of drug-likeness (QED) is 0.625. The molecule has 23 heavy (non-hydrogen) atoms.